The average Bonchev–Trinajstić information content (AvgIpc) is 2.07. The van der Waals surface area contributed by atoms with Crippen LogP contribution in [0.15, 0.2) is 28.7 Å². The summed E-state index contributed by atoms with van der Waals surface area (Å²) in [6.07, 6.45) is -0.725. The van der Waals surface area contributed by atoms with Crippen molar-refractivity contribution in [3.63, 3.8) is 0 Å². The van der Waals surface area contributed by atoms with Gasteiger partial charge in [-0.1, -0.05) is 33.6 Å². The van der Waals surface area contributed by atoms with Crippen molar-refractivity contribution < 1.29 is 9.53 Å². The summed E-state index contributed by atoms with van der Waals surface area (Å²) < 4.78 is 5.72. The summed E-state index contributed by atoms with van der Waals surface area (Å²) in [7, 11) is 0. The summed E-state index contributed by atoms with van der Waals surface area (Å²) in [4.78, 5) is 10.0. The maximum atomic E-state index is 10.0. The normalized spacial score (nSPS) is 10.1. The molecular weight excluding hydrogens is 270 g/mol. The van der Waals surface area contributed by atoms with E-state index >= 15 is 0 Å². The molecule has 0 atom stereocenters. The van der Waals surface area contributed by atoms with Gasteiger partial charge in [-0.3, -0.25) is 0 Å². The van der Waals surface area contributed by atoms with Crippen LogP contribution in [0.3, 0.4) is 0 Å². The molecule has 3 nitrogen and oxygen atoms in total. The van der Waals surface area contributed by atoms with Crippen LogP contribution in [0.25, 0.3) is 0 Å². The van der Waals surface area contributed by atoms with E-state index in [1.807, 2.05) is 12.1 Å². The highest BCUT2D eigenvalue weighted by Gasteiger charge is 2.12. The molecule has 16 heavy (non-hydrogen) atoms. The molecule has 0 aliphatic carbocycles. The molecule has 0 bridgehead atoms. The van der Waals surface area contributed by atoms with Crippen molar-refractivity contribution in [1.29, 1.82) is 0 Å². The summed E-state index contributed by atoms with van der Waals surface area (Å²) in [6.45, 7) is 7.36. The predicted octanol–water partition coefficient (Wildman–Crippen LogP) is 3.64. The standard InChI is InChI=1S/C7H7Br.C5H11NO2/c1-6-2-4-7(8)5-3-6;1-5(2,3)8-4(6)7/h2-5H,1H3;1-3H3,(H2,6,7). The molecule has 0 unspecified atom stereocenters. The number of hydrogen-bond donors (Lipinski definition) is 1. The van der Waals surface area contributed by atoms with E-state index in [-0.39, 0.29) is 0 Å². The number of carbonyl (C=O) groups excluding carboxylic acids is 1. The van der Waals surface area contributed by atoms with Gasteiger partial charge in [0.1, 0.15) is 5.60 Å². The van der Waals surface area contributed by atoms with E-state index in [1.54, 1.807) is 20.8 Å². The van der Waals surface area contributed by atoms with Crippen molar-refractivity contribution in [3.05, 3.63) is 34.3 Å². The van der Waals surface area contributed by atoms with Crippen LogP contribution in [0.1, 0.15) is 26.3 Å². The largest absolute Gasteiger partial charge is 0.444 e. The Morgan fingerprint density at radius 2 is 1.69 bits per heavy atom. The lowest BCUT2D eigenvalue weighted by atomic mass is 10.2. The topological polar surface area (TPSA) is 52.3 Å². The van der Waals surface area contributed by atoms with Gasteiger partial charge in [0, 0.05) is 4.47 Å². The van der Waals surface area contributed by atoms with E-state index in [4.69, 9.17) is 5.73 Å². The van der Waals surface area contributed by atoms with Gasteiger partial charge < -0.3 is 10.5 Å². The molecule has 2 N–H and O–H groups in total. The second-order valence-electron chi connectivity index (χ2n) is 4.33. The quantitative estimate of drug-likeness (QED) is 0.792. The van der Waals surface area contributed by atoms with Crippen molar-refractivity contribution in [3.8, 4) is 0 Å². The SMILES string of the molecule is CC(C)(C)OC(N)=O.Cc1ccc(Br)cc1. The number of hydrogen-bond acceptors (Lipinski definition) is 2. The molecule has 1 amide bonds. The number of benzene rings is 1. The van der Waals surface area contributed by atoms with Gasteiger partial charge in [0.2, 0.25) is 0 Å². The van der Waals surface area contributed by atoms with Crippen LogP contribution in [-0.2, 0) is 4.74 Å². The average molecular weight is 288 g/mol. The molecule has 0 saturated heterocycles. The highest BCUT2D eigenvalue weighted by Crippen LogP contribution is 2.08. The van der Waals surface area contributed by atoms with Gasteiger partial charge in [-0.15, -0.1) is 0 Å². The molecular formula is C12H18BrNO2. The Morgan fingerprint density at radius 1 is 1.25 bits per heavy atom. The Kier molecular flexibility index (Phi) is 6.11. The summed E-state index contributed by atoms with van der Waals surface area (Å²) in [5.74, 6) is 0. The lowest BCUT2D eigenvalue weighted by Gasteiger charge is -2.16. The predicted molar refractivity (Wildman–Crippen MR) is 69.3 cm³/mol. The van der Waals surface area contributed by atoms with Crippen LogP contribution in [-0.4, -0.2) is 11.7 Å². The number of ether oxygens (including phenoxy) is 1. The van der Waals surface area contributed by atoms with Crippen LogP contribution in [0.5, 0.6) is 0 Å². The molecule has 0 aliphatic rings. The van der Waals surface area contributed by atoms with Crippen molar-refractivity contribution >= 4 is 22.0 Å². The zero-order chi connectivity index (χ0) is 12.8. The van der Waals surface area contributed by atoms with Crippen molar-refractivity contribution in [2.75, 3.05) is 0 Å². The van der Waals surface area contributed by atoms with Gasteiger partial charge in [0.25, 0.3) is 0 Å². The van der Waals surface area contributed by atoms with Gasteiger partial charge in [-0.2, -0.15) is 0 Å². The van der Waals surface area contributed by atoms with Crippen LogP contribution in [0.4, 0.5) is 4.79 Å². The Labute approximate surface area is 105 Å². The first-order valence-corrected chi connectivity index (χ1v) is 5.70. The fourth-order valence-electron chi connectivity index (χ4n) is 0.835. The summed E-state index contributed by atoms with van der Waals surface area (Å²) in [5.41, 5.74) is 5.56. The second-order valence-corrected chi connectivity index (χ2v) is 5.24. The number of rotatable bonds is 0. The van der Waals surface area contributed by atoms with Gasteiger partial charge in [-0.05, 0) is 39.8 Å². The Hall–Kier alpha value is -1.03. The van der Waals surface area contributed by atoms with Crippen LogP contribution in [0.2, 0.25) is 0 Å². The van der Waals surface area contributed by atoms with E-state index in [2.05, 4.69) is 39.7 Å². The fraction of sp³-hybridized carbons (Fsp3) is 0.417. The van der Waals surface area contributed by atoms with E-state index in [1.165, 1.54) is 5.56 Å². The van der Waals surface area contributed by atoms with Crippen LogP contribution in [0, 0.1) is 6.92 Å². The molecule has 0 saturated carbocycles. The lowest BCUT2D eigenvalue weighted by Crippen LogP contribution is -2.27. The number of primary amides is 1. The Balaban J connectivity index is 0.000000281. The smallest absolute Gasteiger partial charge is 0.405 e. The summed E-state index contributed by atoms with van der Waals surface area (Å²) >= 11 is 3.35. The molecule has 1 aromatic rings. The van der Waals surface area contributed by atoms with Crippen LogP contribution >= 0.6 is 15.9 Å². The van der Waals surface area contributed by atoms with Gasteiger partial charge in [0.15, 0.2) is 0 Å². The number of aryl methyl sites for hydroxylation is 1. The summed E-state index contributed by atoms with van der Waals surface area (Å²) in [6, 6.07) is 8.22. The molecule has 1 aromatic carbocycles. The second kappa shape index (κ2) is 6.53. The Morgan fingerprint density at radius 3 is 1.88 bits per heavy atom. The number of amides is 1. The number of nitrogens with two attached hydrogens (primary N) is 1. The maximum absolute atomic E-state index is 10.0. The molecule has 0 radical (unpaired) electrons. The minimum absolute atomic E-state index is 0.453. The minimum atomic E-state index is -0.725. The zero-order valence-electron chi connectivity index (χ0n) is 10.1. The van der Waals surface area contributed by atoms with E-state index in [9.17, 15) is 4.79 Å². The van der Waals surface area contributed by atoms with Gasteiger partial charge in [-0.25, -0.2) is 4.79 Å². The molecule has 1 rings (SSSR count). The third kappa shape index (κ3) is 9.52. The molecule has 90 valence electrons. The maximum Gasteiger partial charge on any atom is 0.405 e. The Bertz CT molecular complexity index is 307. The van der Waals surface area contributed by atoms with E-state index < -0.39 is 11.7 Å². The molecule has 0 aliphatic heterocycles. The van der Waals surface area contributed by atoms with Crippen molar-refractivity contribution in [2.24, 2.45) is 5.73 Å². The molecule has 0 spiro atoms. The molecule has 0 aromatic heterocycles. The zero-order valence-corrected chi connectivity index (χ0v) is 11.7. The number of carbonyl (C=O) groups is 1. The first kappa shape index (κ1) is 15.0. The highest BCUT2D eigenvalue weighted by atomic mass is 79.9. The van der Waals surface area contributed by atoms with E-state index in [0.717, 1.165) is 4.47 Å². The molecule has 0 heterocycles. The highest BCUT2D eigenvalue weighted by molar-refractivity contribution is 9.10. The van der Waals surface area contributed by atoms with Crippen molar-refractivity contribution in [2.45, 2.75) is 33.3 Å². The first-order valence-electron chi connectivity index (χ1n) is 4.91. The fourth-order valence-corrected chi connectivity index (χ4v) is 1.10. The van der Waals surface area contributed by atoms with Gasteiger partial charge in [0.05, 0.1) is 0 Å². The summed E-state index contributed by atoms with van der Waals surface area (Å²) in [5, 5.41) is 0. The van der Waals surface area contributed by atoms with Gasteiger partial charge >= 0.3 is 6.09 Å². The monoisotopic (exact) mass is 287 g/mol. The van der Waals surface area contributed by atoms with Crippen LogP contribution < -0.4 is 5.73 Å². The molecule has 0 fully saturated rings. The number of halogens is 1. The molecule has 4 heteroatoms. The minimum Gasteiger partial charge on any atom is -0.444 e. The first-order chi connectivity index (χ1) is 7.20. The lowest BCUT2D eigenvalue weighted by molar-refractivity contribution is 0.0600. The third-order valence-electron chi connectivity index (χ3n) is 1.42. The van der Waals surface area contributed by atoms with Crippen molar-refractivity contribution in [1.82, 2.24) is 0 Å². The third-order valence-corrected chi connectivity index (χ3v) is 1.95. The van der Waals surface area contributed by atoms with E-state index in [0.29, 0.717) is 0 Å².